The van der Waals surface area contributed by atoms with E-state index in [0.717, 1.165) is 18.0 Å². The van der Waals surface area contributed by atoms with Crippen molar-refractivity contribution in [3.05, 3.63) is 53.5 Å². The fraction of sp³-hybridized carbons (Fsp3) is 0.312. The SMILES string of the molecule is Cc1cc(C(=O)NCCN(C)c2ccccc2)c(C)o1. The van der Waals surface area contributed by atoms with Crippen LogP contribution in [0.3, 0.4) is 0 Å². The highest BCUT2D eigenvalue weighted by Gasteiger charge is 2.12. The second-order valence-electron chi connectivity index (χ2n) is 4.84. The van der Waals surface area contributed by atoms with Crippen molar-refractivity contribution >= 4 is 11.6 Å². The number of rotatable bonds is 5. The molecule has 20 heavy (non-hydrogen) atoms. The number of para-hydroxylation sites is 1. The molecular formula is C16H20N2O2. The van der Waals surface area contributed by atoms with Crippen molar-refractivity contribution in [2.45, 2.75) is 13.8 Å². The topological polar surface area (TPSA) is 45.5 Å². The maximum Gasteiger partial charge on any atom is 0.254 e. The first kappa shape index (κ1) is 14.2. The number of carbonyl (C=O) groups excluding carboxylic acids is 1. The molecule has 0 aliphatic rings. The average molecular weight is 272 g/mol. The Balaban J connectivity index is 1.84. The summed E-state index contributed by atoms with van der Waals surface area (Å²) in [4.78, 5) is 14.1. The van der Waals surface area contributed by atoms with Gasteiger partial charge in [0.25, 0.3) is 5.91 Å². The van der Waals surface area contributed by atoms with Crippen molar-refractivity contribution in [1.29, 1.82) is 0 Å². The van der Waals surface area contributed by atoms with Gasteiger partial charge in [-0.1, -0.05) is 18.2 Å². The first-order chi connectivity index (χ1) is 9.58. The normalized spacial score (nSPS) is 10.3. The Hall–Kier alpha value is -2.23. The van der Waals surface area contributed by atoms with Crippen LogP contribution in [0.4, 0.5) is 5.69 Å². The van der Waals surface area contributed by atoms with E-state index in [4.69, 9.17) is 4.42 Å². The number of furan rings is 1. The van der Waals surface area contributed by atoms with Crippen LogP contribution in [0.15, 0.2) is 40.8 Å². The van der Waals surface area contributed by atoms with Crippen molar-refractivity contribution in [2.75, 3.05) is 25.0 Å². The van der Waals surface area contributed by atoms with Crippen LogP contribution in [0.2, 0.25) is 0 Å². The maximum absolute atomic E-state index is 12.0. The summed E-state index contributed by atoms with van der Waals surface area (Å²) in [5.74, 6) is 1.34. The lowest BCUT2D eigenvalue weighted by atomic mass is 10.2. The van der Waals surface area contributed by atoms with E-state index in [9.17, 15) is 4.79 Å². The van der Waals surface area contributed by atoms with Gasteiger partial charge in [0.1, 0.15) is 11.5 Å². The Morgan fingerprint density at radius 2 is 1.95 bits per heavy atom. The quantitative estimate of drug-likeness (QED) is 0.910. The number of hydrogen-bond donors (Lipinski definition) is 1. The number of nitrogens with zero attached hydrogens (tertiary/aromatic N) is 1. The number of aryl methyl sites for hydroxylation is 2. The largest absolute Gasteiger partial charge is 0.466 e. The molecule has 0 saturated carbocycles. The van der Waals surface area contributed by atoms with Crippen LogP contribution < -0.4 is 10.2 Å². The third-order valence-corrected chi connectivity index (χ3v) is 3.22. The standard InChI is InChI=1S/C16H20N2O2/c1-12-11-15(13(2)20-12)16(19)17-9-10-18(3)14-7-5-4-6-8-14/h4-8,11H,9-10H2,1-3H3,(H,17,19). The van der Waals surface area contributed by atoms with Crippen LogP contribution in [0.25, 0.3) is 0 Å². The minimum absolute atomic E-state index is 0.0826. The number of hydrogen-bond acceptors (Lipinski definition) is 3. The van der Waals surface area contributed by atoms with Gasteiger partial charge in [0.2, 0.25) is 0 Å². The number of anilines is 1. The Kier molecular flexibility index (Phi) is 4.45. The first-order valence-electron chi connectivity index (χ1n) is 6.69. The molecule has 4 heteroatoms. The highest BCUT2D eigenvalue weighted by atomic mass is 16.3. The molecule has 2 rings (SSSR count). The summed E-state index contributed by atoms with van der Waals surface area (Å²) in [6, 6.07) is 11.9. The lowest BCUT2D eigenvalue weighted by Crippen LogP contribution is -2.33. The average Bonchev–Trinajstić information content (AvgIpc) is 2.78. The molecule has 106 valence electrons. The Labute approximate surface area is 119 Å². The highest BCUT2D eigenvalue weighted by Crippen LogP contribution is 2.13. The molecule has 0 aliphatic heterocycles. The summed E-state index contributed by atoms with van der Waals surface area (Å²) in [5.41, 5.74) is 1.75. The van der Waals surface area contributed by atoms with E-state index in [-0.39, 0.29) is 5.91 Å². The molecule has 0 aliphatic carbocycles. The van der Waals surface area contributed by atoms with E-state index >= 15 is 0 Å². The van der Waals surface area contributed by atoms with Crippen LogP contribution in [-0.4, -0.2) is 26.0 Å². The number of amides is 1. The number of benzene rings is 1. The smallest absolute Gasteiger partial charge is 0.254 e. The van der Waals surface area contributed by atoms with Crippen LogP contribution >= 0.6 is 0 Å². The molecule has 0 spiro atoms. The third kappa shape index (κ3) is 3.41. The Bertz CT molecular complexity index is 575. The van der Waals surface area contributed by atoms with Gasteiger partial charge < -0.3 is 14.6 Å². The van der Waals surface area contributed by atoms with Crippen LogP contribution in [0.1, 0.15) is 21.9 Å². The zero-order valence-electron chi connectivity index (χ0n) is 12.1. The summed E-state index contributed by atoms with van der Waals surface area (Å²) < 4.78 is 5.36. The molecule has 0 unspecified atom stereocenters. The predicted octanol–water partition coefficient (Wildman–Crippen LogP) is 2.76. The van der Waals surface area contributed by atoms with Gasteiger partial charge in [-0.15, -0.1) is 0 Å². The van der Waals surface area contributed by atoms with E-state index in [1.165, 1.54) is 0 Å². The van der Waals surface area contributed by atoms with Gasteiger partial charge in [-0.2, -0.15) is 0 Å². The first-order valence-corrected chi connectivity index (χ1v) is 6.69. The molecule has 0 fully saturated rings. The number of likely N-dealkylation sites (N-methyl/N-ethyl adjacent to an activating group) is 1. The monoisotopic (exact) mass is 272 g/mol. The van der Waals surface area contributed by atoms with Gasteiger partial charge >= 0.3 is 0 Å². The lowest BCUT2D eigenvalue weighted by Gasteiger charge is -2.19. The molecule has 0 atom stereocenters. The molecule has 1 heterocycles. The molecule has 1 N–H and O–H groups in total. The molecular weight excluding hydrogens is 252 g/mol. The van der Waals surface area contributed by atoms with Gasteiger partial charge in [0.05, 0.1) is 5.56 Å². The second kappa shape index (κ2) is 6.28. The number of nitrogens with one attached hydrogen (secondary N) is 1. The highest BCUT2D eigenvalue weighted by molar-refractivity contribution is 5.95. The predicted molar refractivity (Wildman–Crippen MR) is 80.2 cm³/mol. The van der Waals surface area contributed by atoms with Crippen LogP contribution in [-0.2, 0) is 0 Å². The van der Waals surface area contributed by atoms with Crippen LogP contribution in [0.5, 0.6) is 0 Å². The van der Waals surface area contributed by atoms with Crippen LogP contribution in [0, 0.1) is 13.8 Å². The van der Waals surface area contributed by atoms with E-state index in [1.807, 2.05) is 44.3 Å². The van der Waals surface area contributed by atoms with Crippen molar-refractivity contribution in [3.63, 3.8) is 0 Å². The van der Waals surface area contributed by atoms with Crippen molar-refractivity contribution < 1.29 is 9.21 Å². The minimum Gasteiger partial charge on any atom is -0.466 e. The summed E-state index contributed by atoms with van der Waals surface area (Å²) >= 11 is 0. The molecule has 0 radical (unpaired) electrons. The van der Waals surface area contributed by atoms with E-state index in [2.05, 4.69) is 10.2 Å². The molecule has 0 bridgehead atoms. The van der Waals surface area contributed by atoms with Gasteiger partial charge in [0.15, 0.2) is 0 Å². The van der Waals surface area contributed by atoms with Crippen molar-refractivity contribution in [1.82, 2.24) is 5.32 Å². The lowest BCUT2D eigenvalue weighted by molar-refractivity contribution is 0.0953. The maximum atomic E-state index is 12.0. The van der Waals surface area contributed by atoms with Gasteiger partial charge in [0, 0.05) is 25.8 Å². The third-order valence-electron chi connectivity index (χ3n) is 3.22. The summed E-state index contributed by atoms with van der Waals surface area (Å²) in [6.45, 7) is 4.99. The van der Waals surface area contributed by atoms with E-state index in [1.54, 1.807) is 13.0 Å². The zero-order valence-corrected chi connectivity index (χ0v) is 12.1. The van der Waals surface area contributed by atoms with Crippen molar-refractivity contribution in [3.8, 4) is 0 Å². The van der Waals surface area contributed by atoms with E-state index in [0.29, 0.717) is 17.9 Å². The summed E-state index contributed by atoms with van der Waals surface area (Å²) in [5, 5.41) is 2.91. The second-order valence-corrected chi connectivity index (χ2v) is 4.84. The molecule has 1 aromatic carbocycles. The molecule has 0 saturated heterocycles. The van der Waals surface area contributed by atoms with E-state index < -0.39 is 0 Å². The van der Waals surface area contributed by atoms with Gasteiger partial charge in [-0.3, -0.25) is 4.79 Å². The summed E-state index contributed by atoms with van der Waals surface area (Å²) in [7, 11) is 2.01. The van der Waals surface area contributed by atoms with Gasteiger partial charge in [-0.25, -0.2) is 0 Å². The summed E-state index contributed by atoms with van der Waals surface area (Å²) in [6.07, 6.45) is 0. The Morgan fingerprint density at radius 3 is 2.55 bits per heavy atom. The molecule has 1 amide bonds. The molecule has 1 aromatic heterocycles. The fourth-order valence-corrected chi connectivity index (χ4v) is 2.10. The van der Waals surface area contributed by atoms with Crippen molar-refractivity contribution in [2.24, 2.45) is 0 Å². The Morgan fingerprint density at radius 1 is 1.25 bits per heavy atom. The zero-order chi connectivity index (χ0) is 14.5. The van der Waals surface area contributed by atoms with Gasteiger partial charge in [-0.05, 0) is 32.0 Å². The molecule has 2 aromatic rings. The fourth-order valence-electron chi connectivity index (χ4n) is 2.10. The minimum atomic E-state index is -0.0826. The number of carbonyl (C=O) groups is 1. The molecule has 4 nitrogen and oxygen atoms in total.